The van der Waals surface area contributed by atoms with E-state index in [1.807, 2.05) is 42.5 Å². The zero-order valence-electron chi connectivity index (χ0n) is 12.5. The van der Waals surface area contributed by atoms with Gasteiger partial charge in [0.25, 0.3) is 0 Å². The fourth-order valence-electron chi connectivity index (χ4n) is 2.03. The average Bonchev–Trinajstić information content (AvgIpc) is 2.55. The van der Waals surface area contributed by atoms with Crippen molar-refractivity contribution in [3.63, 3.8) is 0 Å². The van der Waals surface area contributed by atoms with Crippen LogP contribution in [0.5, 0.6) is 0 Å². The van der Waals surface area contributed by atoms with Crippen molar-refractivity contribution in [3.8, 4) is 0 Å². The van der Waals surface area contributed by atoms with Crippen molar-refractivity contribution in [2.24, 2.45) is 0 Å². The van der Waals surface area contributed by atoms with Crippen LogP contribution >= 0.6 is 23.6 Å². The molecule has 2 rings (SSSR count). The summed E-state index contributed by atoms with van der Waals surface area (Å²) in [6.07, 6.45) is 4.68. The van der Waals surface area contributed by atoms with Gasteiger partial charge in [-0.25, -0.2) is 4.79 Å². The molecule has 0 atom stereocenters. The van der Waals surface area contributed by atoms with Gasteiger partial charge in [-0.1, -0.05) is 55.6 Å². The van der Waals surface area contributed by atoms with E-state index in [2.05, 4.69) is 6.92 Å². The number of carbonyl (C=O) groups excluding carboxylic acids is 1. The second-order valence-corrected chi connectivity index (χ2v) is 6.22. The molecule has 0 aliphatic carbocycles. The Bertz CT molecular complexity index is 611. The summed E-state index contributed by atoms with van der Waals surface area (Å²) in [5.74, 6) is -0.356. The lowest BCUT2D eigenvalue weighted by Crippen LogP contribution is -2.00. The van der Waals surface area contributed by atoms with E-state index in [-0.39, 0.29) is 5.97 Å². The van der Waals surface area contributed by atoms with Crippen LogP contribution in [0.4, 0.5) is 0 Å². The van der Waals surface area contributed by atoms with Gasteiger partial charge in [0.2, 0.25) is 0 Å². The van der Waals surface area contributed by atoms with Crippen LogP contribution < -0.4 is 0 Å². The number of hydrogen-bond acceptors (Lipinski definition) is 3. The van der Waals surface area contributed by atoms with Gasteiger partial charge >= 0.3 is 5.97 Å². The SMILES string of the molecule is CCCCCc1ccc(C(=O)OSc2ccccc2Cl)cc1. The number of benzene rings is 2. The number of aryl methyl sites for hydroxylation is 1. The van der Waals surface area contributed by atoms with E-state index in [0.717, 1.165) is 23.4 Å². The number of hydrogen-bond donors (Lipinski definition) is 0. The zero-order chi connectivity index (χ0) is 15.8. The maximum atomic E-state index is 12.0. The Hall–Kier alpha value is -1.45. The molecule has 22 heavy (non-hydrogen) atoms. The first-order chi connectivity index (χ1) is 10.7. The molecule has 4 heteroatoms. The fourth-order valence-corrected chi connectivity index (χ4v) is 2.80. The third-order valence-electron chi connectivity index (χ3n) is 3.30. The number of halogens is 1. The highest BCUT2D eigenvalue weighted by atomic mass is 35.5. The predicted octanol–water partition coefficient (Wildman–Crippen LogP) is 5.94. The minimum atomic E-state index is -0.356. The van der Waals surface area contributed by atoms with Crippen LogP contribution in [0.15, 0.2) is 53.4 Å². The van der Waals surface area contributed by atoms with Crippen LogP contribution in [0.1, 0.15) is 42.1 Å². The van der Waals surface area contributed by atoms with E-state index < -0.39 is 0 Å². The van der Waals surface area contributed by atoms with Crippen molar-refractivity contribution in [3.05, 3.63) is 64.7 Å². The molecule has 2 nitrogen and oxygen atoms in total. The normalized spacial score (nSPS) is 10.5. The Morgan fingerprint density at radius 1 is 1.09 bits per heavy atom. The molecule has 0 aromatic heterocycles. The smallest absolute Gasteiger partial charge is 0.350 e. The van der Waals surface area contributed by atoms with Gasteiger partial charge < -0.3 is 4.18 Å². The Kier molecular flexibility index (Phi) is 6.81. The van der Waals surface area contributed by atoms with E-state index in [0.29, 0.717) is 10.6 Å². The van der Waals surface area contributed by atoms with E-state index in [9.17, 15) is 4.79 Å². The van der Waals surface area contributed by atoms with E-state index in [1.54, 1.807) is 6.07 Å². The zero-order valence-corrected chi connectivity index (χ0v) is 14.1. The molecule has 0 bridgehead atoms. The molecule has 116 valence electrons. The topological polar surface area (TPSA) is 26.3 Å². The second-order valence-electron chi connectivity index (χ2n) is 5.04. The standard InChI is InChI=1S/C18H19ClO2S/c1-2-3-4-7-14-10-12-15(13-11-14)18(20)21-22-17-9-6-5-8-16(17)19/h5-6,8-13H,2-4,7H2,1H3. The monoisotopic (exact) mass is 334 g/mol. The highest BCUT2D eigenvalue weighted by molar-refractivity contribution is 7.95. The quantitative estimate of drug-likeness (QED) is 0.463. The van der Waals surface area contributed by atoms with Crippen molar-refractivity contribution >= 4 is 29.6 Å². The first-order valence-corrected chi connectivity index (χ1v) is 8.55. The summed E-state index contributed by atoms with van der Waals surface area (Å²) in [6.45, 7) is 2.19. The molecule has 0 saturated heterocycles. The number of unbranched alkanes of at least 4 members (excludes halogenated alkanes) is 2. The summed E-state index contributed by atoms with van der Waals surface area (Å²) in [5, 5.41) is 0.576. The predicted molar refractivity (Wildman–Crippen MR) is 92.4 cm³/mol. The summed E-state index contributed by atoms with van der Waals surface area (Å²) in [4.78, 5) is 12.7. The lowest BCUT2D eigenvalue weighted by atomic mass is 10.1. The van der Waals surface area contributed by atoms with Crippen LogP contribution in [-0.2, 0) is 10.6 Å². The lowest BCUT2D eigenvalue weighted by Gasteiger charge is -2.05. The van der Waals surface area contributed by atoms with Gasteiger partial charge in [0.05, 0.1) is 27.5 Å². The largest absolute Gasteiger partial charge is 0.382 e. The van der Waals surface area contributed by atoms with Crippen molar-refractivity contribution in [1.29, 1.82) is 0 Å². The summed E-state index contributed by atoms with van der Waals surface area (Å²) < 4.78 is 5.23. The first kappa shape index (κ1) is 16.9. The second kappa shape index (κ2) is 8.86. The summed E-state index contributed by atoms with van der Waals surface area (Å²) in [7, 11) is 0. The Morgan fingerprint density at radius 2 is 1.82 bits per heavy atom. The molecule has 0 heterocycles. The lowest BCUT2D eigenvalue weighted by molar-refractivity contribution is 0.0768. The van der Waals surface area contributed by atoms with Crippen LogP contribution in [0.25, 0.3) is 0 Å². The molecule has 0 aliphatic heterocycles. The van der Waals surface area contributed by atoms with Gasteiger partial charge in [-0.2, -0.15) is 0 Å². The van der Waals surface area contributed by atoms with Crippen LogP contribution in [-0.4, -0.2) is 5.97 Å². The Balaban J connectivity index is 1.88. The number of rotatable bonds is 7. The summed E-state index contributed by atoms with van der Waals surface area (Å²) in [6, 6.07) is 14.9. The third kappa shape index (κ3) is 5.08. The maximum absolute atomic E-state index is 12.0. The maximum Gasteiger partial charge on any atom is 0.350 e. The molecule has 0 radical (unpaired) electrons. The molecule has 2 aromatic rings. The minimum Gasteiger partial charge on any atom is -0.382 e. The van der Waals surface area contributed by atoms with Crippen molar-refractivity contribution < 1.29 is 8.98 Å². The van der Waals surface area contributed by atoms with Gasteiger partial charge in [0.1, 0.15) is 0 Å². The minimum absolute atomic E-state index is 0.356. The molecule has 2 aromatic carbocycles. The molecule has 0 unspecified atom stereocenters. The average molecular weight is 335 g/mol. The van der Waals surface area contributed by atoms with Crippen molar-refractivity contribution in [2.45, 2.75) is 37.5 Å². The van der Waals surface area contributed by atoms with Gasteiger partial charge in [0, 0.05) is 0 Å². The van der Waals surface area contributed by atoms with E-state index in [1.165, 1.54) is 24.8 Å². The van der Waals surface area contributed by atoms with E-state index in [4.69, 9.17) is 15.8 Å². The molecule has 0 fully saturated rings. The molecule has 0 amide bonds. The molecule has 0 spiro atoms. The number of carbonyl (C=O) groups is 1. The first-order valence-electron chi connectivity index (χ1n) is 7.43. The molecule has 0 aliphatic rings. The van der Waals surface area contributed by atoms with Crippen molar-refractivity contribution in [2.75, 3.05) is 0 Å². The fraction of sp³-hybridized carbons (Fsp3) is 0.278. The van der Waals surface area contributed by atoms with Crippen LogP contribution in [0, 0.1) is 0 Å². The summed E-state index contributed by atoms with van der Waals surface area (Å²) >= 11 is 7.01. The van der Waals surface area contributed by atoms with Gasteiger partial charge in [-0.05, 0) is 42.7 Å². The molecular weight excluding hydrogens is 316 g/mol. The highest BCUT2D eigenvalue weighted by Gasteiger charge is 2.10. The molecule has 0 N–H and O–H groups in total. The Labute approximate surface area is 141 Å². The van der Waals surface area contributed by atoms with Gasteiger partial charge in [-0.3, -0.25) is 0 Å². The van der Waals surface area contributed by atoms with Gasteiger partial charge in [-0.15, -0.1) is 0 Å². The van der Waals surface area contributed by atoms with Crippen LogP contribution in [0.2, 0.25) is 5.02 Å². The van der Waals surface area contributed by atoms with Crippen LogP contribution in [0.3, 0.4) is 0 Å². The Morgan fingerprint density at radius 3 is 2.50 bits per heavy atom. The van der Waals surface area contributed by atoms with E-state index >= 15 is 0 Å². The molecule has 0 saturated carbocycles. The van der Waals surface area contributed by atoms with Crippen molar-refractivity contribution in [1.82, 2.24) is 0 Å². The third-order valence-corrected chi connectivity index (χ3v) is 4.51. The highest BCUT2D eigenvalue weighted by Crippen LogP contribution is 2.28. The van der Waals surface area contributed by atoms with Gasteiger partial charge in [0.15, 0.2) is 0 Å². The summed E-state index contributed by atoms with van der Waals surface area (Å²) in [5.41, 5.74) is 1.81. The molecular formula is C18H19ClO2S.